The van der Waals surface area contributed by atoms with E-state index in [1.165, 1.54) is 0 Å². The quantitative estimate of drug-likeness (QED) is 0.597. The van der Waals surface area contributed by atoms with Crippen LogP contribution in [0.4, 0.5) is 10.6 Å². The standard InChI is InChI=1S/C23H29N7O3/c1-23(2)19-16(20(27-26-19)25-21(31)17-12-29(5)14-24-17)11-30(23)22(32)33-18(13-28(3)4)15-9-7-6-8-10-15/h6-10,12,14,18H,11,13H2,1-5H3,(H2,25,26,27,31)/t18-/m1/s1. The summed E-state index contributed by atoms with van der Waals surface area (Å²) in [7, 11) is 5.67. The minimum Gasteiger partial charge on any atom is -0.440 e. The molecule has 0 aliphatic carbocycles. The molecule has 2 amide bonds. The molecule has 0 saturated carbocycles. The molecule has 3 aromatic rings. The molecule has 2 N–H and O–H groups in total. The summed E-state index contributed by atoms with van der Waals surface area (Å²) in [5, 5.41) is 10.1. The average Bonchev–Trinajstić information content (AvgIpc) is 3.44. The molecule has 2 aromatic heterocycles. The maximum Gasteiger partial charge on any atom is 0.411 e. The Kier molecular flexibility index (Phi) is 5.94. The number of rotatable bonds is 6. The van der Waals surface area contributed by atoms with Crippen molar-refractivity contribution in [2.45, 2.75) is 32.0 Å². The number of nitrogens with one attached hydrogen (secondary N) is 2. The van der Waals surface area contributed by atoms with Crippen molar-refractivity contribution in [2.24, 2.45) is 7.05 Å². The number of hydrogen-bond donors (Lipinski definition) is 2. The first-order valence-corrected chi connectivity index (χ1v) is 10.7. The number of H-pyrrole nitrogens is 1. The highest BCUT2D eigenvalue weighted by Crippen LogP contribution is 2.41. The second-order valence-electron chi connectivity index (χ2n) is 8.99. The van der Waals surface area contributed by atoms with Gasteiger partial charge < -0.3 is 19.5 Å². The third kappa shape index (κ3) is 4.47. The van der Waals surface area contributed by atoms with Crippen LogP contribution in [0.1, 0.15) is 47.3 Å². The molecule has 0 unspecified atom stereocenters. The van der Waals surface area contributed by atoms with Crippen molar-refractivity contribution in [1.82, 2.24) is 29.5 Å². The lowest BCUT2D eigenvalue weighted by Crippen LogP contribution is -2.42. The summed E-state index contributed by atoms with van der Waals surface area (Å²) in [6.45, 7) is 4.64. The molecule has 0 saturated heterocycles. The van der Waals surface area contributed by atoms with E-state index in [-0.39, 0.29) is 12.5 Å². The van der Waals surface area contributed by atoms with Crippen LogP contribution in [-0.4, -0.2) is 62.2 Å². The predicted molar refractivity (Wildman–Crippen MR) is 123 cm³/mol. The second-order valence-corrected chi connectivity index (χ2v) is 8.99. The van der Waals surface area contributed by atoms with Crippen molar-refractivity contribution >= 4 is 17.8 Å². The summed E-state index contributed by atoms with van der Waals surface area (Å²) in [6.07, 6.45) is 2.34. The number of aryl methyl sites for hydroxylation is 1. The molecular weight excluding hydrogens is 422 g/mol. The van der Waals surface area contributed by atoms with Crippen molar-refractivity contribution in [3.8, 4) is 0 Å². The van der Waals surface area contributed by atoms with Gasteiger partial charge in [0.05, 0.1) is 24.1 Å². The topological polar surface area (TPSA) is 108 Å². The first-order chi connectivity index (χ1) is 15.7. The molecule has 0 bridgehead atoms. The highest BCUT2D eigenvalue weighted by atomic mass is 16.6. The van der Waals surface area contributed by atoms with Gasteiger partial charge in [0, 0.05) is 25.4 Å². The van der Waals surface area contributed by atoms with Gasteiger partial charge in [0.1, 0.15) is 17.6 Å². The number of anilines is 1. The number of likely N-dealkylation sites (N-methyl/N-ethyl adjacent to an activating group) is 1. The molecule has 1 aliphatic heterocycles. The lowest BCUT2D eigenvalue weighted by molar-refractivity contribution is 0.0259. The molecule has 0 radical (unpaired) electrons. The molecule has 1 aromatic carbocycles. The zero-order valence-corrected chi connectivity index (χ0v) is 19.5. The van der Waals surface area contributed by atoms with Crippen LogP contribution in [0.15, 0.2) is 42.9 Å². The molecule has 4 rings (SSSR count). The molecule has 3 heterocycles. The predicted octanol–water partition coefficient (Wildman–Crippen LogP) is 2.89. The molecule has 10 nitrogen and oxygen atoms in total. The largest absolute Gasteiger partial charge is 0.440 e. The van der Waals surface area contributed by atoms with Gasteiger partial charge in [0.2, 0.25) is 0 Å². The van der Waals surface area contributed by atoms with Gasteiger partial charge in [-0.15, -0.1) is 0 Å². The minimum atomic E-state index is -0.712. The fourth-order valence-corrected chi connectivity index (χ4v) is 4.01. The van der Waals surface area contributed by atoms with E-state index in [9.17, 15) is 9.59 Å². The highest BCUT2D eigenvalue weighted by molar-refractivity contribution is 6.02. The van der Waals surface area contributed by atoms with Crippen LogP contribution in [0.5, 0.6) is 0 Å². The van der Waals surface area contributed by atoms with E-state index < -0.39 is 17.7 Å². The number of fused-ring (bicyclic) bond motifs is 1. The van der Waals surface area contributed by atoms with Crippen LogP contribution >= 0.6 is 0 Å². The molecule has 33 heavy (non-hydrogen) atoms. The molecule has 0 fully saturated rings. The molecular formula is C23H29N7O3. The Morgan fingerprint density at radius 2 is 2.00 bits per heavy atom. The summed E-state index contributed by atoms with van der Waals surface area (Å²) < 4.78 is 7.67. The fourth-order valence-electron chi connectivity index (χ4n) is 4.01. The van der Waals surface area contributed by atoms with Crippen LogP contribution in [0.2, 0.25) is 0 Å². The van der Waals surface area contributed by atoms with Crippen molar-refractivity contribution in [1.29, 1.82) is 0 Å². The number of ether oxygens (including phenoxy) is 1. The lowest BCUT2D eigenvalue weighted by atomic mass is 10.0. The Morgan fingerprint density at radius 1 is 1.27 bits per heavy atom. The zero-order chi connectivity index (χ0) is 23.8. The van der Waals surface area contributed by atoms with Crippen molar-refractivity contribution in [3.05, 3.63) is 65.4 Å². The second kappa shape index (κ2) is 8.70. The van der Waals surface area contributed by atoms with Crippen molar-refractivity contribution in [3.63, 3.8) is 0 Å². The van der Waals surface area contributed by atoms with Crippen LogP contribution in [0, 0.1) is 0 Å². The zero-order valence-electron chi connectivity index (χ0n) is 19.5. The lowest BCUT2D eigenvalue weighted by Gasteiger charge is -2.32. The highest BCUT2D eigenvalue weighted by Gasteiger charge is 2.45. The van der Waals surface area contributed by atoms with Gasteiger partial charge in [0.25, 0.3) is 5.91 Å². The summed E-state index contributed by atoms with van der Waals surface area (Å²) in [6, 6.07) is 9.69. The van der Waals surface area contributed by atoms with E-state index in [1.54, 1.807) is 29.0 Å². The number of carbonyl (C=O) groups is 2. The Hall–Kier alpha value is -3.66. The number of nitrogens with zero attached hydrogens (tertiary/aromatic N) is 5. The molecule has 0 spiro atoms. The van der Waals surface area contributed by atoms with Crippen LogP contribution in [0.3, 0.4) is 0 Å². The third-order valence-corrected chi connectivity index (χ3v) is 5.78. The summed E-state index contributed by atoms with van der Waals surface area (Å²) in [5.41, 5.74) is 1.96. The summed E-state index contributed by atoms with van der Waals surface area (Å²) in [4.78, 5) is 33.6. The maximum absolute atomic E-state index is 13.3. The molecule has 1 atom stereocenters. The van der Waals surface area contributed by atoms with Gasteiger partial charge in [-0.25, -0.2) is 9.78 Å². The molecule has 10 heteroatoms. The number of aromatic amines is 1. The first kappa shape index (κ1) is 22.5. The van der Waals surface area contributed by atoms with Crippen molar-refractivity contribution in [2.75, 3.05) is 26.0 Å². The van der Waals surface area contributed by atoms with Crippen molar-refractivity contribution < 1.29 is 14.3 Å². The Bertz CT molecular complexity index is 1150. The van der Waals surface area contributed by atoms with Crippen LogP contribution < -0.4 is 5.32 Å². The number of carbonyl (C=O) groups excluding carboxylic acids is 2. The van der Waals surface area contributed by atoms with Gasteiger partial charge in [-0.2, -0.15) is 5.10 Å². The van der Waals surface area contributed by atoms with E-state index in [1.807, 2.05) is 63.2 Å². The number of amides is 2. The van der Waals surface area contributed by atoms with Gasteiger partial charge in [0.15, 0.2) is 0 Å². The SMILES string of the molecule is CN(C)C[C@@H](OC(=O)N1Cc2c(n[nH]c2NC(=O)c2cn(C)cn2)C1(C)C)c1ccccc1. The van der Waals surface area contributed by atoms with E-state index >= 15 is 0 Å². The number of hydrogen-bond acceptors (Lipinski definition) is 6. The monoisotopic (exact) mass is 451 g/mol. The number of benzene rings is 1. The molecule has 174 valence electrons. The Balaban J connectivity index is 1.52. The Morgan fingerprint density at radius 3 is 2.64 bits per heavy atom. The summed E-state index contributed by atoms with van der Waals surface area (Å²) in [5.74, 6) is 0.105. The van der Waals surface area contributed by atoms with E-state index in [2.05, 4.69) is 20.5 Å². The van der Waals surface area contributed by atoms with Gasteiger partial charge in [-0.05, 0) is 33.5 Å². The Labute approximate surface area is 192 Å². The average molecular weight is 452 g/mol. The number of imidazole rings is 1. The van der Waals surface area contributed by atoms with E-state index in [4.69, 9.17) is 4.74 Å². The van der Waals surface area contributed by atoms with E-state index in [0.29, 0.717) is 23.8 Å². The number of aromatic nitrogens is 4. The normalized spacial score (nSPS) is 15.4. The van der Waals surface area contributed by atoms with Crippen LogP contribution in [0.25, 0.3) is 0 Å². The summed E-state index contributed by atoms with van der Waals surface area (Å²) >= 11 is 0. The van der Waals surface area contributed by atoms with Gasteiger partial charge >= 0.3 is 6.09 Å². The van der Waals surface area contributed by atoms with Crippen LogP contribution in [-0.2, 0) is 23.9 Å². The van der Waals surface area contributed by atoms with Gasteiger partial charge in [-0.1, -0.05) is 30.3 Å². The maximum atomic E-state index is 13.3. The third-order valence-electron chi connectivity index (χ3n) is 5.78. The van der Waals surface area contributed by atoms with E-state index in [0.717, 1.165) is 11.1 Å². The van der Waals surface area contributed by atoms with Gasteiger partial charge in [-0.3, -0.25) is 14.8 Å². The first-order valence-electron chi connectivity index (χ1n) is 10.7. The fraction of sp³-hybridized carbons (Fsp3) is 0.391. The smallest absolute Gasteiger partial charge is 0.411 e. The molecule has 1 aliphatic rings. The minimum absolute atomic E-state index is 0.263.